The molecule has 1 aliphatic rings. The lowest BCUT2D eigenvalue weighted by atomic mass is 10.1. The number of carbonyl (C=O) groups is 1. The highest BCUT2D eigenvalue weighted by Gasteiger charge is 2.35. The summed E-state index contributed by atoms with van der Waals surface area (Å²) >= 11 is 7.64. The molecular formula is C22H18ClN3O3S2. The highest BCUT2D eigenvalue weighted by Crippen LogP contribution is 2.32. The monoisotopic (exact) mass is 471 g/mol. The number of amides is 1. The van der Waals surface area contributed by atoms with Gasteiger partial charge in [-0.1, -0.05) is 41.9 Å². The molecule has 0 unspecified atom stereocenters. The molecule has 0 spiro atoms. The normalized spacial score (nSPS) is 17.1. The quantitative estimate of drug-likeness (QED) is 0.443. The minimum Gasteiger partial charge on any atom is -0.337 e. The second kappa shape index (κ2) is 7.87. The first-order valence-electron chi connectivity index (χ1n) is 9.73. The van der Waals surface area contributed by atoms with Crippen molar-refractivity contribution >= 4 is 59.7 Å². The number of hydrogen-bond donors (Lipinski definition) is 1. The van der Waals surface area contributed by atoms with Crippen LogP contribution in [0.3, 0.4) is 0 Å². The summed E-state index contributed by atoms with van der Waals surface area (Å²) in [5.74, 6) is -0.219. The number of thiophene rings is 1. The van der Waals surface area contributed by atoms with Crippen molar-refractivity contribution in [3.8, 4) is 0 Å². The average molecular weight is 472 g/mol. The molecule has 0 saturated carbocycles. The summed E-state index contributed by atoms with van der Waals surface area (Å²) in [7, 11) is -3.81. The van der Waals surface area contributed by atoms with E-state index in [1.165, 1.54) is 11.3 Å². The van der Waals surface area contributed by atoms with Gasteiger partial charge in [-0.2, -0.15) is 4.72 Å². The van der Waals surface area contributed by atoms with Gasteiger partial charge in [0.2, 0.25) is 15.9 Å². The molecule has 2 aromatic carbocycles. The van der Waals surface area contributed by atoms with E-state index in [0.29, 0.717) is 24.7 Å². The SMILES string of the molecule is O=C1[C@@H](NS(=O)(=O)c2ccc3ccccc3c2)CCN1Cc1csc2c(Cl)nccc12. The Morgan fingerprint density at radius 3 is 2.81 bits per heavy atom. The van der Waals surface area contributed by atoms with Crippen LogP contribution in [-0.2, 0) is 21.4 Å². The van der Waals surface area contributed by atoms with Gasteiger partial charge in [-0.3, -0.25) is 4.79 Å². The van der Waals surface area contributed by atoms with Gasteiger partial charge in [-0.15, -0.1) is 11.3 Å². The molecule has 1 saturated heterocycles. The van der Waals surface area contributed by atoms with Crippen LogP contribution in [0, 0.1) is 0 Å². The zero-order valence-electron chi connectivity index (χ0n) is 16.3. The second-order valence-corrected chi connectivity index (χ2v) is 10.4. The number of nitrogens with zero attached hydrogens (tertiary/aromatic N) is 2. The lowest BCUT2D eigenvalue weighted by molar-refractivity contribution is -0.129. The van der Waals surface area contributed by atoms with Crippen molar-refractivity contribution in [2.45, 2.75) is 23.9 Å². The molecule has 2 aromatic heterocycles. The molecular weight excluding hydrogens is 454 g/mol. The Bertz CT molecular complexity index is 1420. The van der Waals surface area contributed by atoms with Crippen LogP contribution >= 0.6 is 22.9 Å². The minimum atomic E-state index is -3.81. The Kier molecular flexibility index (Phi) is 5.18. The van der Waals surface area contributed by atoms with Crippen molar-refractivity contribution in [1.82, 2.24) is 14.6 Å². The summed E-state index contributed by atoms with van der Waals surface area (Å²) in [4.78, 5) is 18.8. The number of sulfonamides is 1. The van der Waals surface area contributed by atoms with E-state index in [1.807, 2.05) is 35.7 Å². The molecule has 5 rings (SSSR count). The molecule has 0 aliphatic carbocycles. The summed E-state index contributed by atoms with van der Waals surface area (Å²) in [6.45, 7) is 0.896. The van der Waals surface area contributed by atoms with Gasteiger partial charge < -0.3 is 4.90 Å². The molecule has 3 heterocycles. The van der Waals surface area contributed by atoms with Crippen molar-refractivity contribution in [3.05, 3.63) is 70.8 Å². The van der Waals surface area contributed by atoms with Gasteiger partial charge in [0.15, 0.2) is 0 Å². The summed E-state index contributed by atoms with van der Waals surface area (Å²) in [6, 6.07) is 13.6. The first kappa shape index (κ1) is 20.4. The number of benzene rings is 2. The second-order valence-electron chi connectivity index (χ2n) is 7.47. The number of hydrogen-bond acceptors (Lipinski definition) is 5. The fourth-order valence-corrected chi connectivity index (χ4v) is 6.39. The third-order valence-electron chi connectivity index (χ3n) is 5.51. The number of carbonyl (C=O) groups excluding carboxylic acids is 1. The lowest BCUT2D eigenvalue weighted by Gasteiger charge is -2.17. The van der Waals surface area contributed by atoms with Crippen LogP contribution < -0.4 is 4.72 Å². The molecule has 1 amide bonds. The number of nitrogens with one attached hydrogen (secondary N) is 1. The van der Waals surface area contributed by atoms with Gasteiger partial charge in [0.1, 0.15) is 11.2 Å². The zero-order chi connectivity index (χ0) is 21.6. The number of likely N-dealkylation sites (tertiary alicyclic amines) is 1. The van der Waals surface area contributed by atoms with Crippen LogP contribution in [0.25, 0.3) is 20.9 Å². The predicted molar refractivity (Wildman–Crippen MR) is 123 cm³/mol. The number of aromatic nitrogens is 1. The lowest BCUT2D eigenvalue weighted by Crippen LogP contribution is -2.41. The van der Waals surface area contributed by atoms with Crippen molar-refractivity contribution in [1.29, 1.82) is 0 Å². The standard InChI is InChI=1S/C22H18ClN3O3S2/c23-21-20-18(7-9-24-21)16(13-30-20)12-26-10-8-19(22(26)27)25-31(28,29)17-6-5-14-3-1-2-4-15(14)11-17/h1-7,9,11,13,19,25H,8,10,12H2/t19-/m0/s1. The number of fused-ring (bicyclic) bond motifs is 2. The molecule has 6 nitrogen and oxygen atoms in total. The van der Waals surface area contributed by atoms with Crippen LogP contribution in [0.5, 0.6) is 0 Å². The maximum absolute atomic E-state index is 12.9. The Morgan fingerprint density at radius 1 is 1.16 bits per heavy atom. The molecule has 0 bridgehead atoms. The average Bonchev–Trinajstić information content (AvgIpc) is 3.33. The van der Waals surface area contributed by atoms with Gasteiger partial charge in [-0.05, 0) is 46.3 Å². The first-order valence-corrected chi connectivity index (χ1v) is 12.5. The van der Waals surface area contributed by atoms with E-state index < -0.39 is 16.1 Å². The summed E-state index contributed by atoms with van der Waals surface area (Å²) in [5.41, 5.74) is 0.982. The Hall–Kier alpha value is -2.52. The molecule has 4 aromatic rings. The largest absolute Gasteiger partial charge is 0.337 e. The topological polar surface area (TPSA) is 79.4 Å². The Morgan fingerprint density at radius 2 is 1.97 bits per heavy atom. The summed E-state index contributed by atoms with van der Waals surface area (Å²) < 4.78 is 29.3. The third kappa shape index (κ3) is 3.80. The summed E-state index contributed by atoms with van der Waals surface area (Å²) in [5, 5.41) is 5.18. The van der Waals surface area contributed by atoms with Gasteiger partial charge in [0.25, 0.3) is 0 Å². The molecule has 9 heteroatoms. The van der Waals surface area contributed by atoms with E-state index in [9.17, 15) is 13.2 Å². The van der Waals surface area contributed by atoms with Crippen LogP contribution in [0.2, 0.25) is 5.15 Å². The van der Waals surface area contributed by atoms with E-state index in [2.05, 4.69) is 9.71 Å². The van der Waals surface area contributed by atoms with Crippen molar-refractivity contribution < 1.29 is 13.2 Å². The molecule has 1 N–H and O–H groups in total. The molecule has 1 atom stereocenters. The maximum Gasteiger partial charge on any atom is 0.241 e. The number of halogens is 1. The fourth-order valence-electron chi connectivity index (χ4n) is 3.90. The van der Waals surface area contributed by atoms with Crippen molar-refractivity contribution in [2.24, 2.45) is 0 Å². The maximum atomic E-state index is 12.9. The first-order chi connectivity index (χ1) is 14.9. The zero-order valence-corrected chi connectivity index (χ0v) is 18.7. The number of pyridine rings is 1. The predicted octanol–water partition coefficient (Wildman–Crippen LogP) is 4.18. The number of rotatable bonds is 5. The van der Waals surface area contributed by atoms with Gasteiger partial charge in [-0.25, -0.2) is 13.4 Å². The highest BCUT2D eigenvalue weighted by molar-refractivity contribution is 7.89. The van der Waals surface area contributed by atoms with Crippen LogP contribution in [0.15, 0.2) is 65.0 Å². The fraction of sp³-hybridized carbons (Fsp3) is 0.182. The van der Waals surface area contributed by atoms with Gasteiger partial charge >= 0.3 is 0 Å². The smallest absolute Gasteiger partial charge is 0.241 e. The van der Waals surface area contributed by atoms with Crippen LogP contribution in [-0.4, -0.2) is 36.8 Å². The third-order valence-corrected chi connectivity index (χ3v) is 8.43. The Balaban J connectivity index is 1.33. The molecule has 1 fully saturated rings. The Labute approximate surface area is 188 Å². The van der Waals surface area contributed by atoms with Gasteiger partial charge in [0.05, 0.1) is 9.60 Å². The minimum absolute atomic E-state index is 0.156. The van der Waals surface area contributed by atoms with Crippen LogP contribution in [0.1, 0.15) is 12.0 Å². The van der Waals surface area contributed by atoms with Gasteiger partial charge in [0, 0.05) is 24.7 Å². The molecule has 31 heavy (non-hydrogen) atoms. The van der Waals surface area contributed by atoms with E-state index in [4.69, 9.17) is 11.6 Å². The van der Waals surface area contributed by atoms with Crippen LogP contribution in [0.4, 0.5) is 0 Å². The van der Waals surface area contributed by atoms with Crippen molar-refractivity contribution in [3.63, 3.8) is 0 Å². The summed E-state index contributed by atoms with van der Waals surface area (Å²) in [6.07, 6.45) is 2.07. The van der Waals surface area contributed by atoms with Crippen molar-refractivity contribution in [2.75, 3.05) is 6.54 Å². The van der Waals surface area contributed by atoms with E-state index >= 15 is 0 Å². The van der Waals surface area contributed by atoms with E-state index in [1.54, 1.807) is 29.3 Å². The van der Waals surface area contributed by atoms with E-state index in [-0.39, 0.29) is 10.8 Å². The highest BCUT2D eigenvalue weighted by atomic mass is 35.5. The molecule has 1 aliphatic heterocycles. The molecule has 158 valence electrons. The molecule has 0 radical (unpaired) electrons. The van der Waals surface area contributed by atoms with E-state index in [0.717, 1.165) is 26.4 Å².